The number of benzene rings is 1. The first-order chi connectivity index (χ1) is 8.28. The van der Waals surface area contributed by atoms with E-state index in [1.165, 1.54) is 11.1 Å². The standard InChI is InChI=1S/C15H20BrNO/c1-10-7-13-8-12(9-15(3,4)16)5-6-14(13)17(10)11(2)18/h5-6,8,10H,7,9H2,1-4H3. The highest BCUT2D eigenvalue weighted by molar-refractivity contribution is 9.10. The molecule has 0 fully saturated rings. The van der Waals surface area contributed by atoms with E-state index in [0.29, 0.717) is 0 Å². The lowest BCUT2D eigenvalue weighted by atomic mass is 9.99. The summed E-state index contributed by atoms with van der Waals surface area (Å²) in [7, 11) is 0. The van der Waals surface area contributed by atoms with Crippen LogP contribution in [0, 0.1) is 0 Å². The van der Waals surface area contributed by atoms with Crippen LogP contribution in [0.1, 0.15) is 38.8 Å². The number of hydrogen-bond acceptors (Lipinski definition) is 1. The Balaban J connectivity index is 2.31. The highest BCUT2D eigenvalue weighted by atomic mass is 79.9. The van der Waals surface area contributed by atoms with Gasteiger partial charge < -0.3 is 4.90 Å². The SMILES string of the molecule is CC(=O)N1c2ccc(CC(C)(C)Br)cc2CC1C. The van der Waals surface area contributed by atoms with Gasteiger partial charge in [-0.2, -0.15) is 0 Å². The molecule has 2 rings (SSSR count). The van der Waals surface area contributed by atoms with E-state index in [2.05, 4.69) is 54.9 Å². The van der Waals surface area contributed by atoms with Crippen LogP contribution in [0.3, 0.4) is 0 Å². The number of anilines is 1. The first-order valence-corrected chi connectivity index (χ1v) is 7.18. The van der Waals surface area contributed by atoms with Crippen molar-refractivity contribution in [2.24, 2.45) is 0 Å². The second-order valence-corrected chi connectivity index (χ2v) is 7.95. The monoisotopic (exact) mass is 309 g/mol. The zero-order chi connectivity index (χ0) is 13.5. The molecule has 0 bridgehead atoms. The van der Waals surface area contributed by atoms with Crippen molar-refractivity contribution in [2.45, 2.75) is 50.9 Å². The number of amides is 1. The summed E-state index contributed by atoms with van der Waals surface area (Å²) in [6.07, 6.45) is 1.96. The minimum atomic E-state index is 0.117. The van der Waals surface area contributed by atoms with E-state index in [-0.39, 0.29) is 16.3 Å². The lowest BCUT2D eigenvalue weighted by molar-refractivity contribution is -0.116. The Labute approximate surface area is 117 Å². The van der Waals surface area contributed by atoms with Gasteiger partial charge in [0.05, 0.1) is 0 Å². The lowest BCUT2D eigenvalue weighted by Gasteiger charge is -2.21. The first-order valence-electron chi connectivity index (χ1n) is 6.38. The average molecular weight is 310 g/mol. The molecule has 18 heavy (non-hydrogen) atoms. The Morgan fingerprint density at radius 3 is 2.72 bits per heavy atom. The normalized spacial score (nSPS) is 18.9. The molecule has 0 saturated heterocycles. The van der Waals surface area contributed by atoms with Crippen LogP contribution in [0.2, 0.25) is 0 Å². The van der Waals surface area contributed by atoms with Gasteiger partial charge in [0.1, 0.15) is 0 Å². The molecule has 1 aromatic rings. The molecule has 0 spiro atoms. The van der Waals surface area contributed by atoms with Crippen LogP contribution >= 0.6 is 15.9 Å². The van der Waals surface area contributed by atoms with Gasteiger partial charge in [0.15, 0.2) is 0 Å². The number of fused-ring (bicyclic) bond motifs is 1. The summed E-state index contributed by atoms with van der Waals surface area (Å²) in [6.45, 7) is 8.09. The third kappa shape index (κ3) is 2.77. The summed E-state index contributed by atoms with van der Waals surface area (Å²) >= 11 is 3.68. The molecule has 98 valence electrons. The molecule has 1 aliphatic rings. The summed E-state index contributed by atoms with van der Waals surface area (Å²) in [4.78, 5) is 13.6. The Kier molecular flexibility index (Phi) is 3.54. The van der Waals surface area contributed by atoms with Gasteiger partial charge in [0.2, 0.25) is 5.91 Å². The van der Waals surface area contributed by atoms with Gasteiger partial charge in [-0.25, -0.2) is 0 Å². The van der Waals surface area contributed by atoms with Gasteiger partial charge in [0, 0.05) is 23.0 Å². The van der Waals surface area contributed by atoms with Crippen LogP contribution in [0.4, 0.5) is 5.69 Å². The smallest absolute Gasteiger partial charge is 0.224 e. The van der Waals surface area contributed by atoms with E-state index in [4.69, 9.17) is 0 Å². The van der Waals surface area contributed by atoms with Gasteiger partial charge >= 0.3 is 0 Å². The van der Waals surface area contributed by atoms with Crippen molar-refractivity contribution in [1.29, 1.82) is 0 Å². The quantitative estimate of drug-likeness (QED) is 0.763. The molecule has 0 radical (unpaired) electrons. The van der Waals surface area contributed by atoms with Crippen LogP contribution in [-0.4, -0.2) is 16.3 Å². The van der Waals surface area contributed by atoms with E-state index in [9.17, 15) is 4.79 Å². The highest BCUT2D eigenvalue weighted by Crippen LogP contribution is 2.34. The molecule has 1 amide bonds. The molecule has 1 atom stereocenters. The topological polar surface area (TPSA) is 20.3 Å². The molecule has 0 saturated carbocycles. The molecule has 0 N–H and O–H groups in total. The van der Waals surface area contributed by atoms with Crippen molar-refractivity contribution >= 4 is 27.5 Å². The van der Waals surface area contributed by atoms with Crippen LogP contribution < -0.4 is 4.90 Å². The maximum absolute atomic E-state index is 11.7. The molecule has 1 heterocycles. The van der Waals surface area contributed by atoms with E-state index < -0.39 is 0 Å². The zero-order valence-electron chi connectivity index (χ0n) is 11.5. The van der Waals surface area contributed by atoms with E-state index in [0.717, 1.165) is 18.5 Å². The zero-order valence-corrected chi connectivity index (χ0v) is 13.0. The van der Waals surface area contributed by atoms with Crippen LogP contribution in [0.25, 0.3) is 0 Å². The number of rotatable bonds is 2. The second-order valence-electron chi connectivity index (χ2n) is 5.80. The number of hydrogen-bond donors (Lipinski definition) is 0. The van der Waals surface area contributed by atoms with E-state index in [1.807, 2.05) is 4.90 Å². The lowest BCUT2D eigenvalue weighted by Crippen LogP contribution is -2.33. The van der Waals surface area contributed by atoms with Gasteiger partial charge in [-0.1, -0.05) is 28.1 Å². The van der Waals surface area contributed by atoms with Crippen molar-refractivity contribution in [3.05, 3.63) is 29.3 Å². The van der Waals surface area contributed by atoms with Gasteiger partial charge in [-0.05, 0) is 50.8 Å². The average Bonchev–Trinajstić information content (AvgIpc) is 2.50. The summed E-state index contributed by atoms with van der Waals surface area (Å²) in [5.74, 6) is 0.134. The third-order valence-corrected chi connectivity index (χ3v) is 3.60. The van der Waals surface area contributed by atoms with Crippen LogP contribution in [0.15, 0.2) is 18.2 Å². The number of carbonyl (C=O) groups is 1. The Morgan fingerprint density at radius 2 is 2.17 bits per heavy atom. The molecular formula is C15H20BrNO. The van der Waals surface area contributed by atoms with Crippen molar-refractivity contribution < 1.29 is 4.79 Å². The van der Waals surface area contributed by atoms with Crippen molar-refractivity contribution in [1.82, 2.24) is 0 Å². The number of halogens is 1. The van der Waals surface area contributed by atoms with Crippen LogP contribution in [-0.2, 0) is 17.6 Å². The summed E-state index contributed by atoms with van der Waals surface area (Å²) in [5, 5.41) is 0. The van der Waals surface area contributed by atoms with Crippen molar-refractivity contribution in [3.8, 4) is 0 Å². The van der Waals surface area contributed by atoms with Gasteiger partial charge in [-0.3, -0.25) is 4.79 Å². The fourth-order valence-corrected chi connectivity index (χ4v) is 3.08. The molecule has 0 aromatic heterocycles. The predicted octanol–water partition coefficient (Wildman–Crippen LogP) is 3.70. The summed E-state index contributed by atoms with van der Waals surface area (Å²) in [5.41, 5.74) is 3.71. The van der Waals surface area contributed by atoms with Crippen molar-refractivity contribution in [3.63, 3.8) is 0 Å². The molecule has 0 aliphatic carbocycles. The molecule has 1 aromatic carbocycles. The maximum Gasteiger partial charge on any atom is 0.224 e. The Bertz CT molecular complexity index is 476. The fraction of sp³-hybridized carbons (Fsp3) is 0.533. The summed E-state index contributed by atoms with van der Waals surface area (Å²) < 4.78 is 0.117. The van der Waals surface area contributed by atoms with E-state index in [1.54, 1.807) is 6.92 Å². The second kappa shape index (κ2) is 4.69. The largest absolute Gasteiger partial charge is 0.309 e. The molecular weight excluding hydrogens is 290 g/mol. The Morgan fingerprint density at radius 1 is 1.50 bits per heavy atom. The maximum atomic E-state index is 11.7. The summed E-state index contributed by atoms with van der Waals surface area (Å²) in [6, 6.07) is 6.76. The molecule has 2 nitrogen and oxygen atoms in total. The fourth-order valence-electron chi connectivity index (χ4n) is 2.76. The van der Waals surface area contributed by atoms with E-state index >= 15 is 0 Å². The predicted molar refractivity (Wildman–Crippen MR) is 79.5 cm³/mol. The Hall–Kier alpha value is -0.830. The highest BCUT2D eigenvalue weighted by Gasteiger charge is 2.29. The number of carbonyl (C=O) groups excluding carboxylic acids is 1. The minimum Gasteiger partial charge on any atom is -0.309 e. The minimum absolute atomic E-state index is 0.117. The van der Waals surface area contributed by atoms with Gasteiger partial charge in [-0.15, -0.1) is 0 Å². The number of nitrogens with zero attached hydrogens (tertiary/aromatic N) is 1. The first kappa shape index (κ1) is 13.6. The molecule has 1 unspecified atom stereocenters. The van der Waals surface area contributed by atoms with Gasteiger partial charge in [0.25, 0.3) is 0 Å². The third-order valence-electron chi connectivity index (χ3n) is 3.32. The molecule has 3 heteroatoms. The number of alkyl halides is 1. The molecule has 1 aliphatic heterocycles. The van der Waals surface area contributed by atoms with Crippen LogP contribution in [0.5, 0.6) is 0 Å². The van der Waals surface area contributed by atoms with Crippen molar-refractivity contribution in [2.75, 3.05) is 4.90 Å².